The summed E-state index contributed by atoms with van der Waals surface area (Å²) in [5.74, 6) is -0.478. The van der Waals surface area contributed by atoms with E-state index in [1.165, 1.54) is 27.9 Å². The van der Waals surface area contributed by atoms with E-state index in [4.69, 9.17) is 16.0 Å². The molecule has 0 bridgehead atoms. The molecule has 200 valence electrons. The highest BCUT2D eigenvalue weighted by atomic mass is 35.5. The first-order valence-electron chi connectivity index (χ1n) is 12.0. The fourth-order valence-corrected chi connectivity index (χ4v) is 4.51. The summed E-state index contributed by atoms with van der Waals surface area (Å²) in [5.41, 5.74) is -0.124. The van der Waals surface area contributed by atoms with Gasteiger partial charge in [0.2, 0.25) is 5.65 Å². The second-order valence-corrected chi connectivity index (χ2v) is 10.7. The lowest BCUT2D eigenvalue weighted by Crippen LogP contribution is -2.49. The lowest BCUT2D eigenvalue weighted by molar-refractivity contribution is -0.137. The van der Waals surface area contributed by atoms with Gasteiger partial charge in [-0.1, -0.05) is 43.7 Å². The first kappa shape index (κ1) is 26.0. The van der Waals surface area contributed by atoms with Crippen molar-refractivity contribution in [2.75, 3.05) is 31.1 Å². The molecule has 3 aromatic heterocycles. The number of hydrogen-bond acceptors (Lipinski definition) is 7. The van der Waals surface area contributed by atoms with E-state index >= 15 is 0 Å². The SMILES string of the molecule is CC(C)(C)Cn1nncc1-c1ccc(C(=O)N2CCN(c3nc4nc(Cl)ccc4o3)CC2)cc1C(F)(F)F. The van der Waals surface area contributed by atoms with E-state index in [1.807, 2.05) is 25.7 Å². The summed E-state index contributed by atoms with van der Waals surface area (Å²) in [6, 6.07) is 7.28. The van der Waals surface area contributed by atoms with Crippen LogP contribution in [0.5, 0.6) is 0 Å². The van der Waals surface area contributed by atoms with Gasteiger partial charge < -0.3 is 14.2 Å². The largest absolute Gasteiger partial charge is 0.422 e. The van der Waals surface area contributed by atoms with Crippen LogP contribution < -0.4 is 4.90 Å². The molecule has 1 fully saturated rings. The Hall–Kier alpha value is -3.67. The van der Waals surface area contributed by atoms with Crippen molar-refractivity contribution in [2.24, 2.45) is 5.41 Å². The predicted molar refractivity (Wildman–Crippen MR) is 135 cm³/mol. The van der Waals surface area contributed by atoms with Crippen molar-refractivity contribution in [3.8, 4) is 11.3 Å². The maximum Gasteiger partial charge on any atom is 0.417 e. The molecule has 1 amide bonds. The van der Waals surface area contributed by atoms with Gasteiger partial charge in [0, 0.05) is 43.9 Å². The maximum absolute atomic E-state index is 14.1. The van der Waals surface area contributed by atoms with Crippen LogP contribution in [-0.4, -0.2) is 61.9 Å². The monoisotopic (exact) mass is 547 g/mol. The molecule has 1 aliphatic heterocycles. The normalized spacial score (nSPS) is 14.9. The van der Waals surface area contributed by atoms with E-state index in [2.05, 4.69) is 20.3 Å². The zero-order valence-electron chi connectivity index (χ0n) is 21.0. The number of carbonyl (C=O) groups excluding carboxylic acids is 1. The van der Waals surface area contributed by atoms with Crippen LogP contribution in [0.3, 0.4) is 0 Å². The summed E-state index contributed by atoms with van der Waals surface area (Å²) in [6.45, 7) is 7.63. The number of alkyl halides is 3. The Kier molecular flexibility index (Phi) is 6.54. The number of benzene rings is 1. The zero-order valence-corrected chi connectivity index (χ0v) is 21.7. The van der Waals surface area contributed by atoms with Crippen molar-refractivity contribution in [3.63, 3.8) is 0 Å². The van der Waals surface area contributed by atoms with E-state index in [0.717, 1.165) is 6.07 Å². The molecule has 0 aliphatic carbocycles. The van der Waals surface area contributed by atoms with Crippen molar-refractivity contribution in [2.45, 2.75) is 33.5 Å². The van der Waals surface area contributed by atoms with Gasteiger partial charge in [-0.15, -0.1) is 5.10 Å². The van der Waals surface area contributed by atoms with Crippen LogP contribution in [0.25, 0.3) is 22.5 Å². The number of anilines is 1. The number of nitrogens with zero attached hydrogens (tertiary/aromatic N) is 7. The van der Waals surface area contributed by atoms with Crippen molar-refractivity contribution in [1.82, 2.24) is 29.9 Å². The van der Waals surface area contributed by atoms with E-state index in [0.29, 0.717) is 42.0 Å². The van der Waals surface area contributed by atoms with Crippen molar-refractivity contribution >= 4 is 34.8 Å². The zero-order chi connectivity index (χ0) is 27.2. The maximum atomic E-state index is 14.1. The number of rotatable bonds is 4. The summed E-state index contributed by atoms with van der Waals surface area (Å²) in [5, 5.41) is 8.11. The van der Waals surface area contributed by atoms with E-state index in [9.17, 15) is 18.0 Å². The number of amides is 1. The smallest absolute Gasteiger partial charge is 0.417 e. The summed E-state index contributed by atoms with van der Waals surface area (Å²) in [6.07, 6.45) is -3.36. The Morgan fingerprint density at radius 2 is 1.79 bits per heavy atom. The Labute approximate surface area is 221 Å². The van der Waals surface area contributed by atoms with Gasteiger partial charge in [0.25, 0.3) is 11.9 Å². The fraction of sp³-hybridized carbons (Fsp3) is 0.400. The number of fused-ring (bicyclic) bond motifs is 1. The van der Waals surface area contributed by atoms with Gasteiger partial charge >= 0.3 is 6.18 Å². The standard InChI is InChI=1S/C25H25ClF3N7O2/c1-24(2,3)14-36-18(13-30-33-36)16-5-4-15(12-17(16)25(27,28)29)22(37)34-8-10-35(11-9-34)23-32-21-19(38-23)6-7-20(26)31-21/h4-7,12-13H,8-11,14H2,1-3H3. The molecule has 0 unspecified atom stereocenters. The molecule has 0 radical (unpaired) electrons. The second-order valence-electron chi connectivity index (χ2n) is 10.3. The molecule has 1 aliphatic rings. The third-order valence-electron chi connectivity index (χ3n) is 6.14. The molecule has 4 aromatic rings. The number of carbonyl (C=O) groups is 1. The van der Waals surface area contributed by atoms with Crippen molar-refractivity contribution in [3.05, 3.63) is 52.8 Å². The molecule has 4 heterocycles. The molecule has 13 heteroatoms. The quantitative estimate of drug-likeness (QED) is 0.326. The molecule has 1 aromatic carbocycles. The highest BCUT2D eigenvalue weighted by molar-refractivity contribution is 6.29. The number of oxazole rings is 1. The van der Waals surface area contributed by atoms with Crippen molar-refractivity contribution < 1.29 is 22.4 Å². The molecular weight excluding hydrogens is 523 g/mol. The van der Waals surface area contributed by atoms with E-state index < -0.39 is 17.6 Å². The van der Waals surface area contributed by atoms with Crippen LogP contribution in [-0.2, 0) is 12.7 Å². The average Bonchev–Trinajstić information content (AvgIpc) is 3.48. The number of halogens is 4. The highest BCUT2D eigenvalue weighted by Gasteiger charge is 2.36. The van der Waals surface area contributed by atoms with Crippen LogP contribution in [0.4, 0.5) is 19.2 Å². The third-order valence-corrected chi connectivity index (χ3v) is 6.35. The van der Waals surface area contributed by atoms with Crippen LogP contribution in [0, 0.1) is 5.41 Å². The lowest BCUT2D eigenvalue weighted by Gasteiger charge is -2.34. The molecule has 1 saturated heterocycles. The molecule has 0 saturated carbocycles. The van der Waals surface area contributed by atoms with Crippen LogP contribution in [0.15, 0.2) is 40.9 Å². The Morgan fingerprint density at radius 1 is 1.05 bits per heavy atom. The van der Waals surface area contributed by atoms with Crippen LogP contribution >= 0.6 is 11.6 Å². The topological polar surface area (TPSA) is 93.2 Å². The summed E-state index contributed by atoms with van der Waals surface area (Å²) in [4.78, 5) is 25.0. The minimum atomic E-state index is -4.68. The van der Waals surface area contributed by atoms with Crippen LogP contribution in [0.2, 0.25) is 5.15 Å². The molecular formula is C25H25ClF3N7O2. The van der Waals surface area contributed by atoms with Gasteiger partial charge in [0.15, 0.2) is 5.58 Å². The first-order valence-corrected chi connectivity index (χ1v) is 12.3. The molecule has 0 atom stereocenters. The van der Waals surface area contributed by atoms with Gasteiger partial charge in [-0.05, 0) is 29.7 Å². The van der Waals surface area contributed by atoms with E-state index in [-0.39, 0.29) is 35.3 Å². The van der Waals surface area contributed by atoms with Gasteiger partial charge in [0.1, 0.15) is 5.15 Å². The minimum Gasteiger partial charge on any atom is -0.422 e. The van der Waals surface area contributed by atoms with E-state index in [1.54, 1.807) is 12.1 Å². The van der Waals surface area contributed by atoms with Gasteiger partial charge in [-0.2, -0.15) is 18.2 Å². The van der Waals surface area contributed by atoms with Gasteiger partial charge in [-0.25, -0.2) is 9.67 Å². The Morgan fingerprint density at radius 3 is 2.47 bits per heavy atom. The molecule has 38 heavy (non-hydrogen) atoms. The van der Waals surface area contributed by atoms with Gasteiger partial charge in [0.05, 0.1) is 17.5 Å². The van der Waals surface area contributed by atoms with Crippen molar-refractivity contribution in [1.29, 1.82) is 0 Å². The minimum absolute atomic E-state index is 0.0370. The summed E-state index contributed by atoms with van der Waals surface area (Å²) >= 11 is 5.91. The molecule has 0 spiro atoms. The lowest BCUT2D eigenvalue weighted by atomic mass is 9.96. The highest BCUT2D eigenvalue weighted by Crippen LogP contribution is 2.38. The van der Waals surface area contributed by atoms with Crippen LogP contribution in [0.1, 0.15) is 36.7 Å². The average molecular weight is 548 g/mol. The fourth-order valence-electron chi connectivity index (χ4n) is 4.37. The number of aromatic nitrogens is 5. The Balaban J connectivity index is 1.35. The third kappa shape index (κ3) is 5.31. The number of piperazine rings is 1. The molecule has 0 N–H and O–H groups in total. The first-order chi connectivity index (χ1) is 17.9. The molecule has 9 nitrogen and oxygen atoms in total. The second kappa shape index (κ2) is 9.57. The van der Waals surface area contributed by atoms with Gasteiger partial charge in [-0.3, -0.25) is 4.79 Å². The Bertz CT molecular complexity index is 1480. The number of pyridine rings is 1. The summed E-state index contributed by atoms with van der Waals surface area (Å²) < 4.78 is 49.6. The summed E-state index contributed by atoms with van der Waals surface area (Å²) in [7, 11) is 0. The molecule has 5 rings (SSSR count). The number of hydrogen-bond donors (Lipinski definition) is 0. The predicted octanol–water partition coefficient (Wildman–Crippen LogP) is 5.16.